The summed E-state index contributed by atoms with van der Waals surface area (Å²) in [4.78, 5) is 43.2. The first kappa shape index (κ1) is 24.6. The van der Waals surface area contributed by atoms with E-state index in [4.69, 9.17) is 67.5 Å². The van der Waals surface area contributed by atoms with Crippen molar-refractivity contribution in [3.8, 4) is 11.5 Å². The highest BCUT2D eigenvalue weighted by Gasteiger charge is 2.58. The zero-order chi connectivity index (χ0) is 26.3. The summed E-state index contributed by atoms with van der Waals surface area (Å²) in [7, 11) is 0. The number of hydrogen-bond donors (Lipinski definition) is 0. The topological polar surface area (TPSA) is 76.2 Å². The number of fused-ring (bicyclic) bond motifs is 2. The number of carbonyl (C=O) groups is 3. The van der Waals surface area contributed by atoms with Gasteiger partial charge in [0.2, 0.25) is 6.79 Å². The molecule has 0 unspecified atom stereocenters. The molecule has 3 amide bonds. The van der Waals surface area contributed by atoms with Crippen molar-refractivity contribution in [1.82, 2.24) is 4.90 Å². The molecule has 2 atom stereocenters. The van der Waals surface area contributed by atoms with Crippen molar-refractivity contribution in [2.24, 2.45) is 0 Å². The molecule has 0 N–H and O–H groups in total. The Balaban J connectivity index is 1.49. The Morgan fingerprint density at radius 2 is 1.35 bits per heavy atom. The molecule has 0 spiro atoms. The van der Waals surface area contributed by atoms with Crippen LogP contribution in [0.5, 0.6) is 11.5 Å². The summed E-state index contributed by atoms with van der Waals surface area (Å²) in [5, 5.41) is -0.210. The van der Waals surface area contributed by atoms with Gasteiger partial charge in [-0.05, 0) is 48.4 Å². The Morgan fingerprint density at radius 3 is 1.97 bits per heavy atom. The fourth-order valence-corrected chi connectivity index (χ4v) is 6.17. The maximum atomic E-state index is 13.7. The number of nitrogens with zero attached hydrogens (tertiary/aromatic N) is 2. The number of amides is 3. The summed E-state index contributed by atoms with van der Waals surface area (Å²) < 4.78 is 10.9. The van der Waals surface area contributed by atoms with Crippen LogP contribution in [0.3, 0.4) is 0 Å². The number of hydrogen-bond acceptors (Lipinski definition) is 5. The molecule has 188 valence electrons. The third-order valence-corrected chi connectivity index (χ3v) is 8.67. The Hall–Kier alpha value is -2.68. The second kappa shape index (κ2) is 8.68. The summed E-state index contributed by atoms with van der Waals surface area (Å²) in [5.74, 6) is -1.03. The van der Waals surface area contributed by atoms with Gasteiger partial charge in [-0.3, -0.25) is 19.3 Å². The summed E-state index contributed by atoms with van der Waals surface area (Å²) in [6.45, 7) is 1.87. The first-order valence-electron chi connectivity index (χ1n) is 10.8. The SMILES string of the molecule is Cc1cc(Cl)ccc1N1C(=O)[C@H](N2C(=O)c3c(Cl)c(Cl)c(Cl)c(Cl)c3C2=O)[C@@H]1c1ccc2c(c1)OCO2. The molecule has 7 nitrogen and oxygen atoms in total. The minimum Gasteiger partial charge on any atom is -0.454 e. The van der Waals surface area contributed by atoms with Crippen molar-refractivity contribution in [3.05, 3.63) is 83.8 Å². The van der Waals surface area contributed by atoms with Crippen LogP contribution in [-0.4, -0.2) is 35.5 Å². The van der Waals surface area contributed by atoms with Crippen LogP contribution < -0.4 is 14.4 Å². The van der Waals surface area contributed by atoms with Crippen molar-refractivity contribution in [2.75, 3.05) is 11.7 Å². The average Bonchev–Trinajstić information content (AvgIpc) is 3.43. The van der Waals surface area contributed by atoms with E-state index in [0.717, 1.165) is 10.5 Å². The van der Waals surface area contributed by atoms with Crippen LogP contribution in [0.15, 0.2) is 36.4 Å². The molecule has 6 rings (SSSR count). The van der Waals surface area contributed by atoms with Crippen molar-refractivity contribution in [1.29, 1.82) is 0 Å². The molecule has 37 heavy (non-hydrogen) atoms. The van der Waals surface area contributed by atoms with E-state index in [1.54, 1.807) is 36.4 Å². The second-order valence-corrected chi connectivity index (χ2v) is 10.6. The highest BCUT2D eigenvalue weighted by atomic mass is 35.5. The molecule has 3 aromatic rings. The van der Waals surface area contributed by atoms with Gasteiger partial charge in [-0.1, -0.05) is 64.1 Å². The molecule has 3 aliphatic heterocycles. The van der Waals surface area contributed by atoms with Crippen LogP contribution in [0.25, 0.3) is 0 Å². The van der Waals surface area contributed by atoms with Gasteiger partial charge in [0, 0.05) is 10.7 Å². The molecule has 3 aliphatic rings. The molecule has 12 heteroatoms. The van der Waals surface area contributed by atoms with Gasteiger partial charge < -0.3 is 14.4 Å². The highest BCUT2D eigenvalue weighted by Crippen LogP contribution is 2.50. The number of imide groups is 1. The van der Waals surface area contributed by atoms with E-state index in [1.165, 1.54) is 4.90 Å². The number of anilines is 1. The molecule has 0 bridgehead atoms. The molecule has 3 aromatic carbocycles. The fraction of sp³-hybridized carbons (Fsp3) is 0.160. The standard InChI is InChI=1S/C25H13Cl5N2O5/c1-9-6-11(26)3-4-12(9)31-21(10-2-5-13-14(7-10)37-8-36-13)22(25(31)35)32-23(33)15-16(24(32)34)18(28)20(30)19(29)17(15)27/h2-7,21-22H,8H2,1H3/t21-,22+/m0/s1. The van der Waals surface area contributed by atoms with Crippen molar-refractivity contribution < 1.29 is 23.9 Å². The first-order valence-corrected chi connectivity index (χ1v) is 12.7. The molecule has 0 saturated carbocycles. The van der Waals surface area contributed by atoms with Crippen molar-refractivity contribution in [3.63, 3.8) is 0 Å². The maximum Gasteiger partial charge on any atom is 0.264 e. The quantitative estimate of drug-likeness (QED) is 0.144. The molecular weight excluding hydrogens is 586 g/mol. The van der Waals surface area contributed by atoms with Gasteiger partial charge >= 0.3 is 0 Å². The zero-order valence-electron chi connectivity index (χ0n) is 18.7. The molecule has 0 aromatic heterocycles. The first-order chi connectivity index (χ1) is 17.6. The number of carbonyl (C=O) groups excluding carboxylic acids is 3. The van der Waals surface area contributed by atoms with Crippen LogP contribution in [0.1, 0.15) is 37.9 Å². The van der Waals surface area contributed by atoms with E-state index in [2.05, 4.69) is 0 Å². The summed E-state index contributed by atoms with van der Waals surface area (Å²) in [5.41, 5.74) is 1.55. The lowest BCUT2D eigenvalue weighted by molar-refractivity contribution is -0.130. The van der Waals surface area contributed by atoms with Gasteiger partial charge in [-0.25, -0.2) is 0 Å². The zero-order valence-corrected chi connectivity index (χ0v) is 22.4. The van der Waals surface area contributed by atoms with Crippen LogP contribution in [0.4, 0.5) is 5.69 Å². The number of rotatable bonds is 3. The predicted octanol–water partition coefficient (Wildman–Crippen LogP) is 6.74. The van der Waals surface area contributed by atoms with Gasteiger partial charge in [-0.2, -0.15) is 0 Å². The lowest BCUT2D eigenvalue weighted by Crippen LogP contribution is -2.67. The molecule has 3 heterocycles. The minimum absolute atomic E-state index is 0.0583. The highest BCUT2D eigenvalue weighted by molar-refractivity contribution is 6.55. The van der Waals surface area contributed by atoms with Crippen molar-refractivity contribution in [2.45, 2.75) is 19.0 Å². The molecule has 1 saturated heterocycles. The Kier molecular flexibility index (Phi) is 5.78. The van der Waals surface area contributed by atoms with Gasteiger partial charge in [0.25, 0.3) is 17.7 Å². The lowest BCUT2D eigenvalue weighted by Gasteiger charge is -2.50. The average molecular weight is 599 g/mol. The third-order valence-electron chi connectivity index (χ3n) is 6.63. The normalized spacial score (nSPS) is 20.0. The number of ether oxygens (including phenoxy) is 2. The molecule has 0 radical (unpaired) electrons. The smallest absolute Gasteiger partial charge is 0.264 e. The van der Waals surface area contributed by atoms with Crippen LogP contribution in [0.2, 0.25) is 25.1 Å². The molecule has 1 fully saturated rings. The Morgan fingerprint density at radius 1 is 0.730 bits per heavy atom. The van der Waals surface area contributed by atoms with Gasteiger partial charge in [0.05, 0.1) is 37.3 Å². The number of halogens is 5. The Bertz CT molecular complexity index is 1530. The van der Waals surface area contributed by atoms with E-state index in [0.29, 0.717) is 27.8 Å². The minimum atomic E-state index is -1.20. The van der Waals surface area contributed by atoms with E-state index < -0.39 is 29.8 Å². The van der Waals surface area contributed by atoms with E-state index >= 15 is 0 Å². The van der Waals surface area contributed by atoms with Crippen LogP contribution in [0, 0.1) is 6.92 Å². The summed E-state index contributed by atoms with van der Waals surface area (Å²) in [6, 6.07) is 8.31. The second-order valence-electron chi connectivity index (χ2n) is 8.63. The number of benzene rings is 3. The van der Waals surface area contributed by atoms with Gasteiger partial charge in [0.1, 0.15) is 6.04 Å². The maximum absolute atomic E-state index is 13.7. The van der Waals surface area contributed by atoms with Crippen molar-refractivity contribution >= 4 is 81.4 Å². The molecule has 0 aliphatic carbocycles. The number of β-lactam (4-membered cyclic amide) rings is 1. The Labute approximate surface area is 235 Å². The number of aryl methyl sites for hydroxylation is 1. The van der Waals surface area contributed by atoms with E-state index in [-0.39, 0.29) is 38.0 Å². The summed E-state index contributed by atoms with van der Waals surface area (Å²) in [6.07, 6.45) is 0. The third kappa shape index (κ3) is 3.45. The fourth-order valence-electron chi connectivity index (χ4n) is 4.93. The molecular formula is C25H13Cl5N2O5. The lowest BCUT2D eigenvalue weighted by atomic mass is 9.85. The summed E-state index contributed by atoms with van der Waals surface area (Å²) >= 11 is 31.1. The van der Waals surface area contributed by atoms with E-state index in [1.807, 2.05) is 6.92 Å². The monoisotopic (exact) mass is 596 g/mol. The van der Waals surface area contributed by atoms with Gasteiger partial charge in [-0.15, -0.1) is 0 Å². The van der Waals surface area contributed by atoms with E-state index in [9.17, 15) is 14.4 Å². The van der Waals surface area contributed by atoms with Crippen LogP contribution >= 0.6 is 58.0 Å². The predicted molar refractivity (Wildman–Crippen MR) is 140 cm³/mol. The van der Waals surface area contributed by atoms with Gasteiger partial charge in [0.15, 0.2) is 11.5 Å². The van der Waals surface area contributed by atoms with Crippen LogP contribution in [-0.2, 0) is 4.79 Å². The largest absolute Gasteiger partial charge is 0.454 e.